The molecule has 0 unspecified atom stereocenters. The maximum atomic E-state index is 11.0. The largest absolute Gasteiger partial charge is 0.341 e. The van der Waals surface area contributed by atoms with E-state index in [2.05, 4.69) is 31.4 Å². The normalized spacial score (nSPS) is 26.6. The number of hydrogen-bond donors (Lipinski definition) is 2. The third kappa shape index (κ3) is 3.56. The summed E-state index contributed by atoms with van der Waals surface area (Å²) in [4.78, 5) is 11.0. The average molecular weight is 198 g/mol. The predicted octanol–water partition coefficient (Wildman–Crippen LogP) is 2.13. The Morgan fingerprint density at radius 2 is 1.93 bits per heavy atom. The van der Waals surface area contributed by atoms with E-state index in [1.54, 1.807) is 7.05 Å². The highest BCUT2D eigenvalue weighted by molar-refractivity contribution is 5.73. The summed E-state index contributed by atoms with van der Waals surface area (Å²) in [6.07, 6.45) is 3.55. The summed E-state index contributed by atoms with van der Waals surface area (Å²) in [5, 5.41) is 5.51. The first-order chi connectivity index (χ1) is 6.40. The van der Waals surface area contributed by atoms with Crippen molar-refractivity contribution in [2.45, 2.75) is 46.1 Å². The van der Waals surface area contributed by atoms with E-state index in [1.807, 2.05) is 0 Å². The average Bonchev–Trinajstić information content (AvgIpc) is 1.97. The third-order valence-corrected chi connectivity index (χ3v) is 2.70. The standard InChI is InChI=1S/C11H22N2O/c1-11(2,3)7-8-5-9(6-8)13-10(14)12-4/h8-9H,5-7H2,1-4H3,(H2,12,13,14)/t8-,9-. The molecule has 1 aliphatic rings. The predicted molar refractivity (Wildman–Crippen MR) is 58.2 cm³/mol. The monoisotopic (exact) mass is 198 g/mol. The molecule has 0 radical (unpaired) electrons. The van der Waals surface area contributed by atoms with Crippen molar-refractivity contribution in [1.29, 1.82) is 0 Å². The van der Waals surface area contributed by atoms with Crippen molar-refractivity contribution in [1.82, 2.24) is 10.6 Å². The van der Waals surface area contributed by atoms with Crippen molar-refractivity contribution >= 4 is 6.03 Å². The second kappa shape index (κ2) is 4.20. The minimum Gasteiger partial charge on any atom is -0.341 e. The summed E-state index contributed by atoms with van der Waals surface area (Å²) in [7, 11) is 1.65. The Kier molecular flexibility index (Phi) is 3.40. The molecule has 1 aliphatic carbocycles. The molecule has 0 bridgehead atoms. The molecular weight excluding hydrogens is 176 g/mol. The van der Waals surface area contributed by atoms with Crippen LogP contribution in [0.25, 0.3) is 0 Å². The van der Waals surface area contributed by atoms with E-state index in [0.29, 0.717) is 11.5 Å². The van der Waals surface area contributed by atoms with Crippen molar-refractivity contribution in [3.8, 4) is 0 Å². The van der Waals surface area contributed by atoms with Gasteiger partial charge >= 0.3 is 6.03 Å². The highest BCUT2D eigenvalue weighted by Crippen LogP contribution is 2.37. The highest BCUT2D eigenvalue weighted by Gasteiger charge is 2.32. The van der Waals surface area contributed by atoms with Gasteiger partial charge in [-0.2, -0.15) is 0 Å². The van der Waals surface area contributed by atoms with Gasteiger partial charge in [0.1, 0.15) is 0 Å². The van der Waals surface area contributed by atoms with E-state index in [0.717, 1.165) is 18.8 Å². The van der Waals surface area contributed by atoms with Crippen LogP contribution >= 0.6 is 0 Å². The van der Waals surface area contributed by atoms with Crippen molar-refractivity contribution in [2.75, 3.05) is 7.05 Å². The van der Waals surface area contributed by atoms with Gasteiger partial charge in [0.15, 0.2) is 0 Å². The second-order valence-electron chi connectivity index (χ2n) is 5.52. The quantitative estimate of drug-likeness (QED) is 0.701. The van der Waals surface area contributed by atoms with Gasteiger partial charge in [-0.1, -0.05) is 20.8 Å². The van der Waals surface area contributed by atoms with E-state index < -0.39 is 0 Å². The molecule has 0 aliphatic heterocycles. The minimum absolute atomic E-state index is 0.0517. The Morgan fingerprint density at radius 3 is 2.36 bits per heavy atom. The molecular formula is C11H22N2O. The second-order valence-corrected chi connectivity index (χ2v) is 5.52. The van der Waals surface area contributed by atoms with Crippen molar-refractivity contribution < 1.29 is 4.79 Å². The summed E-state index contributed by atoms with van der Waals surface area (Å²) >= 11 is 0. The van der Waals surface area contributed by atoms with Gasteiger partial charge in [0.05, 0.1) is 0 Å². The van der Waals surface area contributed by atoms with Crippen molar-refractivity contribution in [3.05, 3.63) is 0 Å². The maximum absolute atomic E-state index is 11.0. The van der Waals surface area contributed by atoms with E-state index in [-0.39, 0.29) is 6.03 Å². The Labute approximate surface area is 86.6 Å². The topological polar surface area (TPSA) is 41.1 Å². The van der Waals surface area contributed by atoms with Gasteiger partial charge in [0.2, 0.25) is 0 Å². The van der Waals surface area contributed by atoms with Crippen molar-refractivity contribution in [3.63, 3.8) is 0 Å². The Bertz CT molecular complexity index is 202. The molecule has 3 heteroatoms. The zero-order valence-corrected chi connectivity index (χ0v) is 9.68. The lowest BCUT2D eigenvalue weighted by atomic mass is 9.71. The molecule has 0 atom stereocenters. The molecule has 0 aromatic rings. The van der Waals surface area contributed by atoms with E-state index >= 15 is 0 Å². The molecule has 3 nitrogen and oxygen atoms in total. The van der Waals surface area contributed by atoms with Gasteiger partial charge in [-0.15, -0.1) is 0 Å². The van der Waals surface area contributed by atoms with Crippen LogP contribution in [0.1, 0.15) is 40.0 Å². The Morgan fingerprint density at radius 1 is 1.36 bits per heavy atom. The maximum Gasteiger partial charge on any atom is 0.314 e. The third-order valence-electron chi connectivity index (χ3n) is 2.70. The van der Waals surface area contributed by atoms with Gasteiger partial charge in [-0.05, 0) is 30.6 Å². The lowest BCUT2D eigenvalue weighted by molar-refractivity contribution is 0.159. The first-order valence-corrected chi connectivity index (χ1v) is 5.39. The summed E-state index contributed by atoms with van der Waals surface area (Å²) in [5.74, 6) is 0.803. The molecule has 1 rings (SSSR count). The minimum atomic E-state index is -0.0517. The highest BCUT2D eigenvalue weighted by atomic mass is 16.2. The molecule has 0 aromatic heterocycles. The first kappa shape index (κ1) is 11.3. The van der Waals surface area contributed by atoms with E-state index in [9.17, 15) is 4.79 Å². The molecule has 82 valence electrons. The number of nitrogens with one attached hydrogen (secondary N) is 2. The SMILES string of the molecule is CNC(=O)N[C@H]1C[C@H](CC(C)(C)C)C1. The number of amides is 2. The lowest BCUT2D eigenvalue weighted by Crippen LogP contribution is -2.48. The molecule has 2 amide bonds. The molecule has 14 heavy (non-hydrogen) atoms. The van der Waals surface area contributed by atoms with Gasteiger partial charge in [-0.3, -0.25) is 0 Å². The van der Waals surface area contributed by atoms with E-state index in [1.165, 1.54) is 6.42 Å². The Balaban J connectivity index is 2.15. The molecule has 1 fully saturated rings. The van der Waals surface area contributed by atoms with Crippen LogP contribution in [0, 0.1) is 11.3 Å². The van der Waals surface area contributed by atoms with Crippen LogP contribution in [0.5, 0.6) is 0 Å². The van der Waals surface area contributed by atoms with Crippen LogP contribution < -0.4 is 10.6 Å². The van der Waals surface area contributed by atoms with Crippen LogP contribution in [-0.4, -0.2) is 19.1 Å². The zero-order valence-electron chi connectivity index (χ0n) is 9.68. The zero-order chi connectivity index (χ0) is 10.8. The van der Waals surface area contributed by atoms with Gasteiger partial charge < -0.3 is 10.6 Å². The smallest absolute Gasteiger partial charge is 0.314 e. The molecule has 1 saturated carbocycles. The Hall–Kier alpha value is -0.730. The first-order valence-electron chi connectivity index (χ1n) is 5.39. The summed E-state index contributed by atoms with van der Waals surface area (Å²) in [6, 6.07) is 0.353. The van der Waals surface area contributed by atoms with Crippen molar-refractivity contribution in [2.24, 2.45) is 11.3 Å². The van der Waals surface area contributed by atoms with Crippen LogP contribution in [0.15, 0.2) is 0 Å². The lowest BCUT2D eigenvalue weighted by Gasteiger charge is -2.39. The van der Waals surface area contributed by atoms with Crippen LogP contribution in [0.3, 0.4) is 0 Å². The fourth-order valence-corrected chi connectivity index (χ4v) is 2.14. The number of hydrogen-bond acceptors (Lipinski definition) is 1. The summed E-state index contributed by atoms with van der Waals surface area (Å²) < 4.78 is 0. The molecule has 0 spiro atoms. The van der Waals surface area contributed by atoms with Crippen LogP contribution in [-0.2, 0) is 0 Å². The summed E-state index contributed by atoms with van der Waals surface area (Å²) in [6.45, 7) is 6.81. The van der Waals surface area contributed by atoms with E-state index in [4.69, 9.17) is 0 Å². The number of carbonyl (C=O) groups is 1. The molecule has 0 aromatic carbocycles. The molecule has 2 N–H and O–H groups in total. The number of carbonyl (C=O) groups excluding carboxylic acids is 1. The van der Waals surface area contributed by atoms with Crippen LogP contribution in [0.4, 0.5) is 4.79 Å². The molecule has 0 saturated heterocycles. The fourth-order valence-electron chi connectivity index (χ4n) is 2.14. The van der Waals surface area contributed by atoms with Gasteiger partial charge in [0.25, 0.3) is 0 Å². The fraction of sp³-hybridized carbons (Fsp3) is 0.909. The molecule has 0 heterocycles. The summed E-state index contributed by atoms with van der Waals surface area (Å²) in [5.41, 5.74) is 0.419. The number of urea groups is 1. The number of rotatable bonds is 2. The van der Waals surface area contributed by atoms with Gasteiger partial charge in [0, 0.05) is 13.1 Å². The van der Waals surface area contributed by atoms with Gasteiger partial charge in [-0.25, -0.2) is 4.79 Å². The van der Waals surface area contributed by atoms with Crippen LogP contribution in [0.2, 0.25) is 0 Å².